The molecular weight excluding hydrogens is 330 g/mol. The van der Waals surface area contributed by atoms with Crippen LogP contribution in [0.4, 0.5) is 11.8 Å². The van der Waals surface area contributed by atoms with E-state index in [1.54, 1.807) is 13.3 Å². The third kappa shape index (κ3) is 2.74. The Morgan fingerprint density at radius 3 is 2.83 bits per heavy atom. The van der Waals surface area contributed by atoms with E-state index in [1.165, 1.54) is 0 Å². The number of pyridine rings is 1. The first kappa shape index (κ1) is 16.7. The number of halogens is 1. The third-order valence-corrected chi connectivity index (χ3v) is 4.64. The van der Waals surface area contributed by atoms with Gasteiger partial charge in [0.2, 0.25) is 5.95 Å². The molecule has 0 aromatic carbocycles. The lowest BCUT2D eigenvalue weighted by atomic mass is 10.1. The number of aliphatic hydroxyl groups is 1. The Morgan fingerprint density at radius 1 is 1.42 bits per heavy atom. The Hall–Kier alpha value is -2.12. The summed E-state index contributed by atoms with van der Waals surface area (Å²) in [6.45, 7) is 5.03. The Kier molecular flexibility index (Phi) is 4.47. The van der Waals surface area contributed by atoms with Crippen molar-refractivity contribution in [2.24, 2.45) is 0 Å². The van der Waals surface area contributed by atoms with Crippen molar-refractivity contribution in [1.29, 1.82) is 0 Å². The number of aryl methyl sites for hydroxylation is 1. The highest BCUT2D eigenvalue weighted by atomic mass is 35.5. The van der Waals surface area contributed by atoms with Crippen LogP contribution in [0.3, 0.4) is 0 Å². The minimum atomic E-state index is -0.138. The monoisotopic (exact) mass is 349 g/mol. The van der Waals surface area contributed by atoms with Gasteiger partial charge in [0.05, 0.1) is 26.0 Å². The van der Waals surface area contributed by atoms with Crippen LogP contribution < -0.4 is 15.4 Å². The molecule has 0 amide bonds. The fourth-order valence-corrected chi connectivity index (χ4v) is 3.51. The summed E-state index contributed by atoms with van der Waals surface area (Å²) in [5, 5.41) is 9.95. The normalized spacial score (nSPS) is 16.4. The molecule has 0 radical (unpaired) electrons. The van der Waals surface area contributed by atoms with E-state index < -0.39 is 0 Å². The van der Waals surface area contributed by atoms with E-state index >= 15 is 0 Å². The summed E-state index contributed by atoms with van der Waals surface area (Å²) in [7, 11) is 1.65. The van der Waals surface area contributed by atoms with E-state index in [9.17, 15) is 5.11 Å². The first-order valence-electron chi connectivity index (χ1n) is 7.64. The van der Waals surface area contributed by atoms with Gasteiger partial charge < -0.3 is 20.5 Å². The molecular formula is C16H20ClN5O2. The molecule has 24 heavy (non-hydrogen) atoms. The summed E-state index contributed by atoms with van der Waals surface area (Å²) < 4.78 is 5.47. The molecule has 0 saturated carbocycles. The SMILES string of the molecule is COc1c(C)cnc(CN2C[C@@H](CO)c3c(Cl)nc(N)nc32)c1C. The maximum absolute atomic E-state index is 9.66. The molecule has 2 aromatic heterocycles. The second-order valence-corrected chi connectivity index (χ2v) is 6.27. The van der Waals surface area contributed by atoms with Crippen LogP contribution in [0, 0.1) is 13.8 Å². The number of anilines is 2. The number of nitrogen functional groups attached to an aromatic ring is 1. The van der Waals surface area contributed by atoms with Gasteiger partial charge >= 0.3 is 0 Å². The number of nitrogens with two attached hydrogens (primary N) is 1. The number of aromatic nitrogens is 3. The Labute approximate surface area is 145 Å². The van der Waals surface area contributed by atoms with Crippen LogP contribution in [0.15, 0.2) is 6.20 Å². The van der Waals surface area contributed by atoms with E-state index in [2.05, 4.69) is 15.0 Å². The van der Waals surface area contributed by atoms with Crippen LogP contribution in [0.5, 0.6) is 5.75 Å². The minimum Gasteiger partial charge on any atom is -0.496 e. The number of hydrogen-bond acceptors (Lipinski definition) is 7. The zero-order valence-corrected chi connectivity index (χ0v) is 14.6. The van der Waals surface area contributed by atoms with Gasteiger partial charge in [0.25, 0.3) is 0 Å². The smallest absolute Gasteiger partial charge is 0.223 e. The molecule has 0 fully saturated rings. The molecule has 2 aromatic rings. The number of fused-ring (bicyclic) bond motifs is 1. The van der Waals surface area contributed by atoms with Gasteiger partial charge in [-0.2, -0.15) is 4.98 Å². The number of methoxy groups -OCH3 is 1. The molecule has 0 saturated heterocycles. The number of rotatable bonds is 4. The van der Waals surface area contributed by atoms with E-state index in [0.717, 1.165) is 28.1 Å². The predicted octanol–water partition coefficient (Wildman–Crippen LogP) is 1.83. The number of aliphatic hydroxyl groups excluding tert-OH is 1. The van der Waals surface area contributed by atoms with Crippen molar-refractivity contribution in [3.63, 3.8) is 0 Å². The average Bonchev–Trinajstić information content (AvgIpc) is 2.88. The van der Waals surface area contributed by atoms with Gasteiger partial charge in [-0.1, -0.05) is 11.6 Å². The van der Waals surface area contributed by atoms with Crippen LogP contribution >= 0.6 is 11.6 Å². The summed E-state index contributed by atoms with van der Waals surface area (Å²) >= 11 is 6.21. The quantitative estimate of drug-likeness (QED) is 0.812. The first-order chi connectivity index (χ1) is 11.5. The molecule has 1 aliphatic rings. The summed E-state index contributed by atoms with van der Waals surface area (Å²) in [4.78, 5) is 14.9. The standard InChI is InChI=1S/C16H20ClN5O2/c1-8-4-19-11(9(2)13(8)24-3)6-22-5-10(7-23)12-14(17)20-16(18)21-15(12)22/h4,10,23H,5-7H2,1-3H3,(H2,18,20,21)/t10-/m0/s1. The van der Waals surface area contributed by atoms with Crippen molar-refractivity contribution < 1.29 is 9.84 Å². The zero-order chi connectivity index (χ0) is 17.4. The molecule has 3 heterocycles. The van der Waals surface area contributed by atoms with Crippen LogP contribution in [-0.2, 0) is 6.54 Å². The van der Waals surface area contributed by atoms with Crippen LogP contribution in [0.1, 0.15) is 28.3 Å². The van der Waals surface area contributed by atoms with Crippen molar-refractivity contribution in [3.05, 3.63) is 33.7 Å². The maximum Gasteiger partial charge on any atom is 0.223 e. The van der Waals surface area contributed by atoms with Crippen molar-refractivity contribution in [1.82, 2.24) is 15.0 Å². The van der Waals surface area contributed by atoms with E-state index in [-0.39, 0.29) is 18.5 Å². The summed E-state index contributed by atoms with van der Waals surface area (Å²) in [6, 6.07) is 0. The molecule has 128 valence electrons. The van der Waals surface area contributed by atoms with Gasteiger partial charge in [0.15, 0.2) is 0 Å². The molecule has 1 aliphatic heterocycles. The van der Waals surface area contributed by atoms with Crippen molar-refractivity contribution in [2.45, 2.75) is 26.3 Å². The second-order valence-electron chi connectivity index (χ2n) is 5.92. The average molecular weight is 350 g/mol. The number of ether oxygens (including phenoxy) is 1. The number of nitrogens with zero attached hydrogens (tertiary/aromatic N) is 4. The van der Waals surface area contributed by atoms with Gasteiger partial charge in [0, 0.05) is 35.3 Å². The summed E-state index contributed by atoms with van der Waals surface area (Å²) in [6.07, 6.45) is 1.79. The number of hydrogen-bond donors (Lipinski definition) is 2. The van der Waals surface area contributed by atoms with E-state index in [1.807, 2.05) is 18.7 Å². The minimum absolute atomic E-state index is 0.0277. The zero-order valence-electron chi connectivity index (χ0n) is 13.9. The molecule has 1 atom stereocenters. The summed E-state index contributed by atoms with van der Waals surface area (Å²) in [5.74, 6) is 1.47. The predicted molar refractivity (Wildman–Crippen MR) is 92.6 cm³/mol. The van der Waals surface area contributed by atoms with Crippen molar-refractivity contribution in [2.75, 3.05) is 30.9 Å². The molecule has 7 nitrogen and oxygen atoms in total. The van der Waals surface area contributed by atoms with Gasteiger partial charge in [-0.25, -0.2) is 4.98 Å². The topological polar surface area (TPSA) is 97.4 Å². The molecule has 0 unspecified atom stereocenters. The second kappa shape index (κ2) is 6.41. The molecule has 3 N–H and O–H groups in total. The van der Waals surface area contributed by atoms with Crippen LogP contribution in [0.25, 0.3) is 0 Å². The fraction of sp³-hybridized carbons (Fsp3) is 0.438. The van der Waals surface area contributed by atoms with Crippen LogP contribution in [0.2, 0.25) is 5.15 Å². The van der Waals surface area contributed by atoms with Crippen LogP contribution in [-0.4, -0.2) is 40.3 Å². The Bertz CT molecular complexity index is 784. The molecule has 8 heteroatoms. The molecule has 0 bridgehead atoms. The maximum atomic E-state index is 9.66. The van der Waals surface area contributed by atoms with Crippen molar-refractivity contribution >= 4 is 23.4 Å². The highest BCUT2D eigenvalue weighted by molar-refractivity contribution is 6.30. The largest absolute Gasteiger partial charge is 0.496 e. The first-order valence-corrected chi connectivity index (χ1v) is 8.01. The van der Waals surface area contributed by atoms with Gasteiger partial charge in [-0.15, -0.1) is 0 Å². The molecule has 0 spiro atoms. The molecule has 0 aliphatic carbocycles. The van der Waals surface area contributed by atoms with E-state index in [0.29, 0.717) is 24.1 Å². The lowest BCUT2D eigenvalue weighted by Gasteiger charge is -2.20. The molecule has 3 rings (SSSR count). The van der Waals surface area contributed by atoms with Crippen molar-refractivity contribution in [3.8, 4) is 5.75 Å². The Balaban J connectivity index is 1.99. The fourth-order valence-electron chi connectivity index (χ4n) is 3.18. The summed E-state index contributed by atoms with van der Waals surface area (Å²) in [5.41, 5.74) is 9.34. The highest BCUT2D eigenvalue weighted by Gasteiger charge is 2.33. The lowest BCUT2D eigenvalue weighted by Crippen LogP contribution is -2.24. The lowest BCUT2D eigenvalue weighted by molar-refractivity contribution is 0.270. The van der Waals surface area contributed by atoms with Gasteiger partial charge in [0.1, 0.15) is 16.7 Å². The third-order valence-electron chi connectivity index (χ3n) is 4.36. The van der Waals surface area contributed by atoms with E-state index in [4.69, 9.17) is 22.1 Å². The van der Waals surface area contributed by atoms with Gasteiger partial charge in [-0.3, -0.25) is 4.98 Å². The van der Waals surface area contributed by atoms with Gasteiger partial charge in [-0.05, 0) is 13.8 Å². The Morgan fingerprint density at radius 2 is 2.17 bits per heavy atom. The highest BCUT2D eigenvalue weighted by Crippen LogP contribution is 2.40.